The van der Waals surface area contributed by atoms with E-state index < -0.39 is 11.9 Å². The molecular weight excluding hydrogens is 334 g/mol. The van der Waals surface area contributed by atoms with Gasteiger partial charge in [-0.1, -0.05) is 12.1 Å². The fourth-order valence-electron chi connectivity index (χ4n) is 1.99. The second-order valence-corrected chi connectivity index (χ2v) is 5.08. The van der Waals surface area contributed by atoms with E-state index in [1.165, 1.54) is 18.3 Å². The summed E-state index contributed by atoms with van der Waals surface area (Å²) in [6.07, 6.45) is 1.24. The van der Waals surface area contributed by atoms with E-state index in [0.29, 0.717) is 17.9 Å². The molecule has 0 unspecified atom stereocenters. The van der Waals surface area contributed by atoms with Gasteiger partial charge in [0.05, 0.1) is 17.9 Å². The number of anilines is 2. The first-order valence-electron chi connectivity index (χ1n) is 7.78. The van der Waals surface area contributed by atoms with E-state index in [9.17, 15) is 14.7 Å². The van der Waals surface area contributed by atoms with Gasteiger partial charge >= 0.3 is 5.97 Å². The normalized spacial score (nSPS) is 10.5. The van der Waals surface area contributed by atoms with Crippen LogP contribution >= 0.6 is 0 Å². The molecular formula is C19H17N3O4. The molecule has 0 heterocycles. The van der Waals surface area contributed by atoms with Gasteiger partial charge < -0.3 is 20.5 Å². The fourth-order valence-corrected chi connectivity index (χ4v) is 1.99. The summed E-state index contributed by atoms with van der Waals surface area (Å²) in [5, 5.41) is 24.1. The van der Waals surface area contributed by atoms with Gasteiger partial charge in [0.25, 0.3) is 5.91 Å². The molecule has 7 heteroatoms. The number of nitrogens with one attached hydrogen (secondary N) is 2. The van der Waals surface area contributed by atoms with E-state index in [0.717, 1.165) is 0 Å². The van der Waals surface area contributed by atoms with Crippen LogP contribution in [0.4, 0.5) is 11.4 Å². The number of para-hydroxylation sites is 2. The molecule has 2 aromatic carbocycles. The summed E-state index contributed by atoms with van der Waals surface area (Å²) in [7, 11) is 0. The molecule has 132 valence electrons. The van der Waals surface area contributed by atoms with Crippen molar-refractivity contribution in [2.75, 3.05) is 17.2 Å². The first-order chi connectivity index (χ1) is 12.5. The minimum absolute atomic E-state index is 0.0966. The minimum atomic E-state index is -0.662. The molecule has 0 fully saturated rings. The van der Waals surface area contributed by atoms with Crippen molar-refractivity contribution in [3.8, 4) is 11.8 Å². The number of hydrogen-bond donors (Lipinski definition) is 3. The smallest absolute Gasteiger partial charge is 0.338 e. The summed E-state index contributed by atoms with van der Waals surface area (Å²) < 4.78 is 4.89. The van der Waals surface area contributed by atoms with Crippen molar-refractivity contribution in [3.05, 3.63) is 65.9 Å². The average Bonchev–Trinajstić information content (AvgIpc) is 2.65. The number of nitrogens with zero attached hydrogens (tertiary/aromatic N) is 1. The fraction of sp³-hybridized carbons (Fsp3) is 0.105. The SMILES string of the molecule is CCOC(=O)c1ccc(N/C=C(/C#N)C(=O)Nc2ccccc2O)cc1. The van der Waals surface area contributed by atoms with Crippen LogP contribution in [0, 0.1) is 11.3 Å². The van der Waals surface area contributed by atoms with Gasteiger partial charge in [0, 0.05) is 11.9 Å². The number of esters is 1. The lowest BCUT2D eigenvalue weighted by molar-refractivity contribution is -0.112. The number of ether oxygens (including phenoxy) is 1. The third-order valence-corrected chi connectivity index (χ3v) is 3.30. The number of amides is 1. The van der Waals surface area contributed by atoms with Crippen LogP contribution in [0.1, 0.15) is 17.3 Å². The summed E-state index contributed by atoms with van der Waals surface area (Å²) in [5.41, 5.74) is 1.01. The monoisotopic (exact) mass is 351 g/mol. The minimum Gasteiger partial charge on any atom is -0.506 e. The van der Waals surface area contributed by atoms with E-state index >= 15 is 0 Å². The van der Waals surface area contributed by atoms with Crippen molar-refractivity contribution < 1.29 is 19.4 Å². The first-order valence-corrected chi connectivity index (χ1v) is 7.78. The highest BCUT2D eigenvalue weighted by molar-refractivity contribution is 6.07. The highest BCUT2D eigenvalue weighted by Crippen LogP contribution is 2.22. The zero-order valence-corrected chi connectivity index (χ0v) is 14.0. The molecule has 0 aliphatic carbocycles. The highest BCUT2D eigenvalue weighted by Gasteiger charge is 2.11. The predicted octanol–water partition coefficient (Wildman–Crippen LogP) is 3.03. The Morgan fingerprint density at radius 3 is 2.50 bits per heavy atom. The van der Waals surface area contributed by atoms with Crippen molar-refractivity contribution in [1.82, 2.24) is 0 Å². The number of nitriles is 1. The number of phenolic OH excluding ortho intramolecular Hbond substituents is 1. The van der Waals surface area contributed by atoms with Gasteiger partial charge in [-0.15, -0.1) is 0 Å². The predicted molar refractivity (Wildman–Crippen MR) is 96.5 cm³/mol. The second kappa shape index (κ2) is 8.89. The Hall–Kier alpha value is -3.79. The standard InChI is InChI=1S/C19H17N3O4/c1-2-26-19(25)13-7-9-15(10-8-13)21-12-14(11-20)18(24)22-16-5-3-4-6-17(16)23/h3-10,12,21,23H,2H2,1H3,(H,22,24)/b14-12-. The van der Waals surface area contributed by atoms with E-state index in [1.54, 1.807) is 49.4 Å². The van der Waals surface area contributed by atoms with Crippen LogP contribution in [0.2, 0.25) is 0 Å². The molecule has 0 spiro atoms. The lowest BCUT2D eigenvalue weighted by atomic mass is 10.2. The van der Waals surface area contributed by atoms with Crippen molar-refractivity contribution in [1.29, 1.82) is 5.26 Å². The quantitative estimate of drug-likeness (QED) is 0.319. The molecule has 0 radical (unpaired) electrons. The summed E-state index contributed by atoms with van der Waals surface area (Å²) in [4.78, 5) is 23.7. The van der Waals surface area contributed by atoms with Crippen LogP contribution in [0.5, 0.6) is 5.75 Å². The van der Waals surface area contributed by atoms with Gasteiger partial charge in [-0.05, 0) is 43.3 Å². The van der Waals surface area contributed by atoms with Crippen LogP contribution in [0.25, 0.3) is 0 Å². The molecule has 0 aliphatic rings. The molecule has 26 heavy (non-hydrogen) atoms. The van der Waals surface area contributed by atoms with E-state index in [1.807, 2.05) is 0 Å². The lowest BCUT2D eigenvalue weighted by Crippen LogP contribution is -2.14. The third-order valence-electron chi connectivity index (χ3n) is 3.30. The van der Waals surface area contributed by atoms with Gasteiger partial charge in [0.2, 0.25) is 0 Å². The summed E-state index contributed by atoms with van der Waals surface area (Å²) in [5.74, 6) is -1.18. The van der Waals surface area contributed by atoms with Crippen LogP contribution in [0.3, 0.4) is 0 Å². The van der Waals surface area contributed by atoms with Crippen LogP contribution in [-0.4, -0.2) is 23.6 Å². The van der Waals surface area contributed by atoms with Crippen molar-refractivity contribution in [3.63, 3.8) is 0 Å². The Kier molecular flexibility index (Phi) is 6.34. The molecule has 0 saturated heterocycles. The number of carbonyl (C=O) groups excluding carboxylic acids is 2. The lowest BCUT2D eigenvalue weighted by Gasteiger charge is -2.07. The third kappa shape index (κ3) is 4.85. The molecule has 0 atom stereocenters. The van der Waals surface area contributed by atoms with Crippen molar-refractivity contribution in [2.24, 2.45) is 0 Å². The Labute approximate surface area is 150 Å². The zero-order valence-electron chi connectivity index (χ0n) is 14.0. The maximum atomic E-state index is 12.1. The summed E-state index contributed by atoms with van der Waals surface area (Å²) >= 11 is 0. The molecule has 0 bridgehead atoms. The first kappa shape index (κ1) is 18.5. The zero-order chi connectivity index (χ0) is 18.9. The maximum absolute atomic E-state index is 12.1. The van der Waals surface area contributed by atoms with Crippen molar-refractivity contribution >= 4 is 23.3 Å². The second-order valence-electron chi connectivity index (χ2n) is 5.08. The van der Waals surface area contributed by atoms with Crippen molar-refractivity contribution in [2.45, 2.75) is 6.92 Å². The van der Waals surface area contributed by atoms with Crippen LogP contribution < -0.4 is 10.6 Å². The Bertz CT molecular complexity index is 867. The van der Waals surface area contributed by atoms with E-state index in [-0.39, 0.29) is 17.0 Å². The summed E-state index contributed by atoms with van der Waals surface area (Å²) in [6, 6.07) is 14.4. The summed E-state index contributed by atoms with van der Waals surface area (Å²) in [6.45, 7) is 2.02. The highest BCUT2D eigenvalue weighted by atomic mass is 16.5. The molecule has 7 nitrogen and oxygen atoms in total. The number of benzene rings is 2. The average molecular weight is 351 g/mol. The van der Waals surface area contributed by atoms with Gasteiger partial charge in [0.1, 0.15) is 17.4 Å². The largest absolute Gasteiger partial charge is 0.506 e. The molecule has 2 rings (SSSR count). The van der Waals surface area contributed by atoms with E-state index in [2.05, 4.69) is 10.6 Å². The van der Waals surface area contributed by atoms with E-state index in [4.69, 9.17) is 10.00 Å². The number of aromatic hydroxyl groups is 1. The van der Waals surface area contributed by atoms with Gasteiger partial charge in [-0.2, -0.15) is 5.26 Å². The Balaban J connectivity index is 2.05. The molecule has 1 amide bonds. The molecule has 2 aromatic rings. The maximum Gasteiger partial charge on any atom is 0.338 e. The molecule has 0 saturated carbocycles. The Morgan fingerprint density at radius 1 is 1.19 bits per heavy atom. The molecule has 0 aliphatic heterocycles. The van der Waals surface area contributed by atoms with Gasteiger partial charge in [-0.25, -0.2) is 4.79 Å². The van der Waals surface area contributed by atoms with Crippen LogP contribution in [0.15, 0.2) is 60.3 Å². The number of hydrogen-bond acceptors (Lipinski definition) is 6. The molecule has 3 N–H and O–H groups in total. The van der Waals surface area contributed by atoms with Gasteiger partial charge in [-0.3, -0.25) is 4.79 Å². The number of carbonyl (C=O) groups is 2. The number of rotatable bonds is 6. The topological polar surface area (TPSA) is 111 Å². The van der Waals surface area contributed by atoms with Gasteiger partial charge in [0.15, 0.2) is 0 Å². The van der Waals surface area contributed by atoms with Crippen LogP contribution in [-0.2, 0) is 9.53 Å². The molecule has 0 aromatic heterocycles. The number of phenols is 1. The Morgan fingerprint density at radius 2 is 1.88 bits per heavy atom.